The first kappa shape index (κ1) is 11.3. The molecule has 1 nitrogen and oxygen atoms in total. The molecule has 0 aromatic rings. The van der Waals surface area contributed by atoms with Crippen molar-refractivity contribution in [3.8, 4) is 0 Å². The van der Waals surface area contributed by atoms with Gasteiger partial charge in [0.25, 0.3) is 0 Å². The average molecular weight is 204 g/mol. The van der Waals surface area contributed by atoms with E-state index in [1.54, 1.807) is 0 Å². The molecule has 1 aliphatic rings. The molecule has 1 N–H and O–H groups in total. The fraction of sp³-hybridized carbons (Fsp3) is 1.00. The molecule has 0 aliphatic heterocycles. The quantitative estimate of drug-likeness (QED) is 0.677. The van der Waals surface area contributed by atoms with E-state index in [4.69, 9.17) is 11.6 Å². The van der Waals surface area contributed by atoms with E-state index in [0.717, 1.165) is 5.92 Å². The van der Waals surface area contributed by atoms with Crippen LogP contribution in [0.5, 0.6) is 0 Å². The van der Waals surface area contributed by atoms with Crippen LogP contribution in [-0.4, -0.2) is 18.0 Å². The zero-order chi connectivity index (χ0) is 9.68. The smallest absolute Gasteiger partial charge is 0.0339 e. The molecular weight excluding hydrogens is 182 g/mol. The van der Waals surface area contributed by atoms with Gasteiger partial charge >= 0.3 is 0 Å². The van der Waals surface area contributed by atoms with Crippen LogP contribution >= 0.6 is 11.6 Å². The lowest BCUT2D eigenvalue weighted by molar-refractivity contribution is 0.430. The van der Waals surface area contributed by atoms with E-state index in [2.05, 4.69) is 19.2 Å². The predicted molar refractivity (Wildman–Crippen MR) is 59.4 cm³/mol. The van der Waals surface area contributed by atoms with E-state index in [1.165, 1.54) is 38.6 Å². The minimum absolute atomic E-state index is 0.452. The number of nitrogens with one attached hydrogen (secondary N) is 1. The second-order valence-corrected chi connectivity index (χ2v) is 4.99. The monoisotopic (exact) mass is 203 g/mol. The molecule has 0 radical (unpaired) electrons. The minimum atomic E-state index is 0.452. The van der Waals surface area contributed by atoms with Gasteiger partial charge < -0.3 is 5.32 Å². The Labute approximate surface area is 87.2 Å². The van der Waals surface area contributed by atoms with Gasteiger partial charge in [0.1, 0.15) is 0 Å². The molecule has 0 bridgehead atoms. The fourth-order valence-corrected chi connectivity index (χ4v) is 2.48. The number of hydrogen-bond donors (Lipinski definition) is 1. The Morgan fingerprint density at radius 1 is 1.46 bits per heavy atom. The molecule has 0 heterocycles. The van der Waals surface area contributed by atoms with Gasteiger partial charge in [-0.2, -0.15) is 0 Å². The van der Waals surface area contributed by atoms with Crippen molar-refractivity contribution in [2.45, 2.75) is 57.4 Å². The van der Waals surface area contributed by atoms with Gasteiger partial charge in [-0.25, -0.2) is 0 Å². The van der Waals surface area contributed by atoms with Crippen molar-refractivity contribution in [3.05, 3.63) is 0 Å². The molecule has 1 rings (SSSR count). The van der Waals surface area contributed by atoms with Gasteiger partial charge in [-0.15, -0.1) is 11.6 Å². The third-order valence-electron chi connectivity index (χ3n) is 2.95. The van der Waals surface area contributed by atoms with Gasteiger partial charge in [0.05, 0.1) is 0 Å². The lowest BCUT2D eigenvalue weighted by atomic mass is 10.1. The summed E-state index contributed by atoms with van der Waals surface area (Å²) in [6.07, 6.45) is 6.32. The third kappa shape index (κ3) is 4.33. The van der Waals surface area contributed by atoms with Crippen LogP contribution in [0.4, 0.5) is 0 Å². The van der Waals surface area contributed by atoms with Crippen LogP contribution in [0.3, 0.4) is 0 Å². The Kier molecular flexibility index (Phi) is 5.12. The molecule has 0 spiro atoms. The lowest BCUT2D eigenvalue weighted by Gasteiger charge is -2.16. The summed E-state index contributed by atoms with van der Waals surface area (Å²) in [7, 11) is 0. The van der Waals surface area contributed by atoms with Crippen molar-refractivity contribution >= 4 is 11.6 Å². The van der Waals surface area contributed by atoms with E-state index in [9.17, 15) is 0 Å². The predicted octanol–water partition coefficient (Wildman–Crippen LogP) is 3.17. The molecule has 0 aromatic heterocycles. The van der Waals surface area contributed by atoms with Gasteiger partial charge in [-0.1, -0.05) is 13.3 Å². The molecular formula is C11H22ClN. The molecule has 78 valence electrons. The van der Waals surface area contributed by atoms with Crippen LogP contribution in [0.1, 0.15) is 46.0 Å². The van der Waals surface area contributed by atoms with Crippen molar-refractivity contribution in [2.75, 3.05) is 6.54 Å². The second-order valence-electron chi connectivity index (χ2n) is 4.37. The highest BCUT2D eigenvalue weighted by Gasteiger charge is 2.22. The Morgan fingerprint density at radius 2 is 2.23 bits per heavy atom. The van der Waals surface area contributed by atoms with Crippen LogP contribution in [0, 0.1) is 5.92 Å². The maximum Gasteiger partial charge on any atom is 0.0339 e. The zero-order valence-electron chi connectivity index (χ0n) is 8.85. The van der Waals surface area contributed by atoms with Gasteiger partial charge in [-0.3, -0.25) is 0 Å². The molecule has 1 aliphatic carbocycles. The highest BCUT2D eigenvalue weighted by atomic mass is 35.5. The number of hydrogen-bond acceptors (Lipinski definition) is 1. The lowest BCUT2D eigenvalue weighted by Crippen LogP contribution is -2.30. The molecule has 13 heavy (non-hydrogen) atoms. The van der Waals surface area contributed by atoms with Crippen molar-refractivity contribution < 1.29 is 0 Å². The average Bonchev–Trinajstić information content (AvgIpc) is 2.49. The molecule has 0 aromatic carbocycles. The van der Waals surface area contributed by atoms with Crippen LogP contribution in [0.2, 0.25) is 0 Å². The van der Waals surface area contributed by atoms with Gasteiger partial charge in [0.2, 0.25) is 0 Å². The fourth-order valence-electron chi connectivity index (χ4n) is 2.10. The molecule has 3 atom stereocenters. The van der Waals surface area contributed by atoms with Gasteiger partial charge in [0.15, 0.2) is 0 Å². The summed E-state index contributed by atoms with van der Waals surface area (Å²) in [4.78, 5) is 0. The Hall–Kier alpha value is 0.250. The number of alkyl halides is 1. The highest BCUT2D eigenvalue weighted by molar-refractivity contribution is 6.20. The van der Waals surface area contributed by atoms with Crippen molar-refractivity contribution in [1.82, 2.24) is 5.32 Å². The number of rotatable bonds is 5. The van der Waals surface area contributed by atoms with Crippen molar-refractivity contribution in [2.24, 2.45) is 5.92 Å². The third-order valence-corrected chi connectivity index (χ3v) is 3.35. The maximum absolute atomic E-state index is 6.06. The van der Waals surface area contributed by atoms with Gasteiger partial charge in [0, 0.05) is 11.4 Å². The van der Waals surface area contributed by atoms with Crippen LogP contribution in [0.15, 0.2) is 0 Å². The molecule has 3 unspecified atom stereocenters. The summed E-state index contributed by atoms with van der Waals surface area (Å²) in [5.74, 6) is 0.835. The second kappa shape index (κ2) is 5.87. The van der Waals surface area contributed by atoms with E-state index >= 15 is 0 Å². The Balaban J connectivity index is 2.05. The van der Waals surface area contributed by atoms with Crippen molar-refractivity contribution in [3.63, 3.8) is 0 Å². The Bertz CT molecular complexity index is 138. The summed E-state index contributed by atoms with van der Waals surface area (Å²) in [5, 5.41) is 4.04. The number of halogens is 1. The first-order valence-electron chi connectivity index (χ1n) is 5.59. The van der Waals surface area contributed by atoms with E-state index in [1.807, 2.05) is 0 Å². The topological polar surface area (TPSA) is 12.0 Å². The summed E-state index contributed by atoms with van der Waals surface area (Å²) in [5.41, 5.74) is 0. The molecule has 2 heteroatoms. The largest absolute Gasteiger partial charge is 0.314 e. The SMILES string of the molecule is CCCC(C)NCC1CCC(Cl)C1. The summed E-state index contributed by atoms with van der Waals surface area (Å²) < 4.78 is 0. The maximum atomic E-state index is 6.06. The molecule has 1 saturated carbocycles. The van der Waals surface area contributed by atoms with Crippen molar-refractivity contribution in [1.29, 1.82) is 0 Å². The molecule has 1 fully saturated rings. The first-order chi connectivity index (χ1) is 6.22. The van der Waals surface area contributed by atoms with Crippen LogP contribution < -0.4 is 5.32 Å². The summed E-state index contributed by atoms with van der Waals surface area (Å²) in [6.45, 7) is 5.68. The summed E-state index contributed by atoms with van der Waals surface area (Å²) >= 11 is 6.06. The minimum Gasteiger partial charge on any atom is -0.314 e. The van der Waals surface area contributed by atoms with Gasteiger partial charge in [-0.05, 0) is 45.1 Å². The van der Waals surface area contributed by atoms with E-state index in [-0.39, 0.29) is 0 Å². The standard InChI is InChI=1S/C11H22ClN/c1-3-4-9(2)13-8-10-5-6-11(12)7-10/h9-11,13H,3-8H2,1-2H3. The normalized spacial score (nSPS) is 30.7. The van der Waals surface area contributed by atoms with Crippen LogP contribution in [0.25, 0.3) is 0 Å². The first-order valence-corrected chi connectivity index (χ1v) is 6.03. The molecule has 0 amide bonds. The Morgan fingerprint density at radius 3 is 2.77 bits per heavy atom. The van der Waals surface area contributed by atoms with E-state index < -0.39 is 0 Å². The van der Waals surface area contributed by atoms with E-state index in [0.29, 0.717) is 11.4 Å². The zero-order valence-corrected chi connectivity index (χ0v) is 9.61. The summed E-state index contributed by atoms with van der Waals surface area (Å²) in [6, 6.07) is 0.680. The molecule has 0 saturated heterocycles. The highest BCUT2D eigenvalue weighted by Crippen LogP contribution is 2.28. The van der Waals surface area contributed by atoms with Crippen LogP contribution in [-0.2, 0) is 0 Å².